The van der Waals surface area contributed by atoms with Crippen LogP contribution in [0.1, 0.15) is 31.2 Å². The van der Waals surface area contributed by atoms with E-state index in [2.05, 4.69) is 0 Å². The summed E-state index contributed by atoms with van der Waals surface area (Å²) >= 11 is 0. The fourth-order valence-corrected chi connectivity index (χ4v) is 5.05. The van der Waals surface area contributed by atoms with Gasteiger partial charge in [0.25, 0.3) is 0 Å². The van der Waals surface area contributed by atoms with Crippen LogP contribution in [0.25, 0.3) is 0 Å². The van der Waals surface area contributed by atoms with Crippen molar-refractivity contribution in [3.63, 3.8) is 0 Å². The second-order valence-corrected chi connectivity index (χ2v) is 8.84. The standard InChI is InChI=1S/C18H26N2O5S/c1-14-4-6-16(21)17(13-14)26(23,24)20-10-8-19(9-11-20)18(22)7-5-15-3-2-12-25-15/h4,6,13,15,21H,2-3,5,7-12H2,1H3. The average Bonchev–Trinajstić information content (AvgIpc) is 3.15. The smallest absolute Gasteiger partial charge is 0.246 e. The highest BCUT2D eigenvalue weighted by atomic mass is 32.2. The van der Waals surface area contributed by atoms with Gasteiger partial charge in [0.15, 0.2) is 0 Å². The lowest BCUT2D eigenvalue weighted by molar-refractivity contribution is -0.133. The Balaban J connectivity index is 1.57. The van der Waals surface area contributed by atoms with Crippen molar-refractivity contribution in [3.8, 4) is 5.75 Å². The number of amides is 1. The first-order valence-electron chi connectivity index (χ1n) is 9.07. The molecule has 2 fully saturated rings. The highest BCUT2D eigenvalue weighted by Crippen LogP contribution is 2.27. The van der Waals surface area contributed by atoms with Crippen LogP contribution >= 0.6 is 0 Å². The van der Waals surface area contributed by atoms with E-state index in [0.717, 1.165) is 31.4 Å². The number of rotatable bonds is 5. The van der Waals surface area contributed by atoms with Gasteiger partial charge in [-0.1, -0.05) is 6.07 Å². The first-order valence-corrected chi connectivity index (χ1v) is 10.5. The van der Waals surface area contributed by atoms with E-state index in [-0.39, 0.29) is 35.7 Å². The average molecular weight is 382 g/mol. The topological polar surface area (TPSA) is 87.2 Å². The molecular formula is C18H26N2O5S. The minimum absolute atomic E-state index is 0.0518. The molecule has 1 amide bonds. The zero-order chi connectivity index (χ0) is 18.7. The summed E-state index contributed by atoms with van der Waals surface area (Å²) in [5.41, 5.74) is 0.768. The number of aromatic hydroxyl groups is 1. The summed E-state index contributed by atoms with van der Waals surface area (Å²) in [6.07, 6.45) is 3.43. The molecule has 2 saturated heterocycles. The van der Waals surface area contributed by atoms with E-state index in [0.29, 0.717) is 19.5 Å². The number of phenolic OH excluding ortho intramolecular Hbond substituents is 1. The van der Waals surface area contributed by atoms with Crippen LogP contribution in [0.2, 0.25) is 0 Å². The van der Waals surface area contributed by atoms with Gasteiger partial charge in [-0.25, -0.2) is 8.42 Å². The van der Waals surface area contributed by atoms with Crippen LogP contribution in [0.15, 0.2) is 23.1 Å². The number of carbonyl (C=O) groups is 1. The van der Waals surface area contributed by atoms with Crippen LogP contribution in [-0.4, -0.2) is 67.5 Å². The molecule has 0 aliphatic carbocycles. The van der Waals surface area contributed by atoms with E-state index in [1.807, 2.05) is 0 Å². The van der Waals surface area contributed by atoms with Gasteiger partial charge >= 0.3 is 0 Å². The Kier molecular flexibility index (Phi) is 5.84. The molecule has 2 heterocycles. The van der Waals surface area contributed by atoms with Gasteiger partial charge in [-0.15, -0.1) is 0 Å². The largest absolute Gasteiger partial charge is 0.507 e. The van der Waals surface area contributed by atoms with E-state index >= 15 is 0 Å². The van der Waals surface area contributed by atoms with Crippen molar-refractivity contribution in [1.82, 2.24) is 9.21 Å². The number of carbonyl (C=O) groups excluding carboxylic acids is 1. The van der Waals surface area contributed by atoms with Gasteiger partial charge < -0.3 is 14.7 Å². The summed E-state index contributed by atoms with van der Waals surface area (Å²) in [7, 11) is -3.76. The molecule has 0 bridgehead atoms. The molecule has 0 saturated carbocycles. The predicted molar refractivity (Wildman–Crippen MR) is 96.4 cm³/mol. The summed E-state index contributed by atoms with van der Waals surface area (Å²) < 4.78 is 32.4. The van der Waals surface area contributed by atoms with Gasteiger partial charge in [-0.05, 0) is 43.9 Å². The predicted octanol–water partition coefficient (Wildman–Crippen LogP) is 1.49. The van der Waals surface area contributed by atoms with Crippen molar-refractivity contribution >= 4 is 15.9 Å². The monoisotopic (exact) mass is 382 g/mol. The van der Waals surface area contributed by atoms with Crippen LogP contribution in [-0.2, 0) is 19.6 Å². The van der Waals surface area contributed by atoms with E-state index in [4.69, 9.17) is 4.74 Å². The fourth-order valence-electron chi connectivity index (χ4n) is 3.46. The Morgan fingerprint density at radius 2 is 2.00 bits per heavy atom. The Bertz CT molecular complexity index is 751. The molecule has 8 heteroatoms. The molecule has 0 spiro atoms. The third-order valence-electron chi connectivity index (χ3n) is 5.03. The fraction of sp³-hybridized carbons (Fsp3) is 0.611. The SMILES string of the molecule is Cc1ccc(O)c(S(=O)(=O)N2CCN(C(=O)CCC3CCCO3)CC2)c1. The number of hydrogen-bond acceptors (Lipinski definition) is 5. The van der Waals surface area contributed by atoms with Gasteiger partial charge in [0.05, 0.1) is 6.10 Å². The molecule has 1 aromatic rings. The Labute approximate surface area is 154 Å². The zero-order valence-corrected chi connectivity index (χ0v) is 15.9. The molecule has 0 radical (unpaired) electrons. The van der Waals surface area contributed by atoms with Crippen molar-refractivity contribution in [3.05, 3.63) is 23.8 Å². The summed E-state index contributed by atoms with van der Waals surface area (Å²) in [6, 6.07) is 4.54. The lowest BCUT2D eigenvalue weighted by Gasteiger charge is -2.34. The number of benzene rings is 1. The lowest BCUT2D eigenvalue weighted by atomic mass is 10.1. The molecule has 3 rings (SSSR count). The van der Waals surface area contributed by atoms with Crippen LogP contribution in [0.5, 0.6) is 5.75 Å². The van der Waals surface area contributed by atoms with Crippen molar-refractivity contribution in [2.75, 3.05) is 32.8 Å². The number of piperazine rings is 1. The van der Waals surface area contributed by atoms with E-state index in [1.54, 1.807) is 17.9 Å². The molecule has 144 valence electrons. The Hall–Kier alpha value is -1.64. The summed E-state index contributed by atoms with van der Waals surface area (Å²) in [5.74, 6) is -0.193. The van der Waals surface area contributed by atoms with Crippen LogP contribution < -0.4 is 0 Å². The number of nitrogens with zero attached hydrogens (tertiary/aromatic N) is 2. The minimum atomic E-state index is -3.76. The second-order valence-electron chi connectivity index (χ2n) is 6.93. The van der Waals surface area contributed by atoms with Gasteiger partial charge in [-0.3, -0.25) is 4.79 Å². The first-order chi connectivity index (χ1) is 12.4. The van der Waals surface area contributed by atoms with E-state index < -0.39 is 10.0 Å². The van der Waals surface area contributed by atoms with Crippen LogP contribution in [0.3, 0.4) is 0 Å². The number of hydrogen-bond donors (Lipinski definition) is 1. The highest BCUT2D eigenvalue weighted by Gasteiger charge is 2.32. The number of aryl methyl sites for hydroxylation is 1. The lowest BCUT2D eigenvalue weighted by Crippen LogP contribution is -2.50. The van der Waals surface area contributed by atoms with Crippen molar-refractivity contribution in [1.29, 1.82) is 0 Å². The molecule has 7 nitrogen and oxygen atoms in total. The van der Waals surface area contributed by atoms with Crippen molar-refractivity contribution in [2.45, 2.75) is 43.6 Å². The molecule has 2 aliphatic rings. The van der Waals surface area contributed by atoms with Gasteiger partial charge in [0.1, 0.15) is 10.6 Å². The quantitative estimate of drug-likeness (QED) is 0.834. The molecule has 26 heavy (non-hydrogen) atoms. The van der Waals surface area contributed by atoms with Crippen molar-refractivity contribution < 1.29 is 23.1 Å². The summed E-state index contributed by atoms with van der Waals surface area (Å²) in [6.45, 7) is 3.78. The summed E-state index contributed by atoms with van der Waals surface area (Å²) in [4.78, 5) is 14.0. The van der Waals surface area contributed by atoms with Gasteiger partial charge in [0, 0.05) is 39.2 Å². The van der Waals surface area contributed by atoms with E-state index in [9.17, 15) is 18.3 Å². The molecule has 2 aliphatic heterocycles. The maximum atomic E-state index is 12.8. The molecule has 1 aromatic carbocycles. The second kappa shape index (κ2) is 7.94. The maximum Gasteiger partial charge on any atom is 0.246 e. The zero-order valence-electron chi connectivity index (χ0n) is 15.1. The molecular weight excluding hydrogens is 356 g/mol. The molecule has 1 unspecified atom stereocenters. The third kappa shape index (κ3) is 4.19. The minimum Gasteiger partial charge on any atom is -0.507 e. The van der Waals surface area contributed by atoms with Crippen molar-refractivity contribution in [2.24, 2.45) is 0 Å². The number of phenols is 1. The normalized spacial score (nSPS) is 21.9. The highest BCUT2D eigenvalue weighted by molar-refractivity contribution is 7.89. The Morgan fingerprint density at radius 3 is 2.65 bits per heavy atom. The third-order valence-corrected chi connectivity index (χ3v) is 6.96. The first kappa shape index (κ1) is 19.1. The maximum absolute atomic E-state index is 12.8. The van der Waals surface area contributed by atoms with E-state index in [1.165, 1.54) is 16.4 Å². The number of sulfonamides is 1. The molecule has 1 atom stereocenters. The van der Waals surface area contributed by atoms with Crippen LogP contribution in [0.4, 0.5) is 0 Å². The Morgan fingerprint density at radius 1 is 1.27 bits per heavy atom. The van der Waals surface area contributed by atoms with Gasteiger partial charge in [-0.2, -0.15) is 4.31 Å². The van der Waals surface area contributed by atoms with Crippen LogP contribution in [0, 0.1) is 6.92 Å². The molecule has 1 N–H and O–H groups in total. The summed E-state index contributed by atoms with van der Waals surface area (Å²) in [5, 5.41) is 9.93. The van der Waals surface area contributed by atoms with Gasteiger partial charge in [0.2, 0.25) is 15.9 Å². The molecule has 0 aromatic heterocycles. The number of ether oxygens (including phenoxy) is 1.